The first-order valence-corrected chi connectivity index (χ1v) is 9.17. The van der Waals surface area contributed by atoms with Crippen LogP contribution in [0.15, 0.2) is 18.2 Å². The molecule has 3 N–H and O–H groups in total. The number of anilines is 1. The van der Waals surface area contributed by atoms with Gasteiger partial charge in [-0.05, 0) is 24.6 Å². The first-order valence-electron chi connectivity index (χ1n) is 9.17. The number of fused-ring (bicyclic) bond motifs is 2. The Morgan fingerprint density at radius 2 is 2.11 bits per heavy atom. The maximum atomic E-state index is 12.7. The minimum absolute atomic E-state index is 0.251. The van der Waals surface area contributed by atoms with E-state index in [-0.39, 0.29) is 29.8 Å². The van der Waals surface area contributed by atoms with Crippen molar-refractivity contribution in [1.29, 1.82) is 0 Å². The lowest BCUT2D eigenvalue weighted by Gasteiger charge is -2.13. The number of benzene rings is 1. The molecule has 1 aromatic carbocycles. The summed E-state index contributed by atoms with van der Waals surface area (Å²) in [4.78, 5) is 38.9. The smallest absolute Gasteiger partial charge is 0.261 e. The Kier molecular flexibility index (Phi) is 4.93. The monoisotopic (exact) mass is 383 g/mol. The first kappa shape index (κ1) is 18.3. The van der Waals surface area contributed by atoms with Crippen LogP contribution in [0.3, 0.4) is 0 Å². The molecule has 146 valence electrons. The molecule has 28 heavy (non-hydrogen) atoms. The Hall–Kier alpha value is -3.04. The van der Waals surface area contributed by atoms with E-state index in [0.717, 1.165) is 24.2 Å². The summed E-state index contributed by atoms with van der Waals surface area (Å²) in [6, 6.07) is 4.55. The molecule has 0 bridgehead atoms. The zero-order valence-corrected chi connectivity index (χ0v) is 15.5. The molecule has 4 rings (SSSR count). The summed E-state index contributed by atoms with van der Waals surface area (Å²) in [6.07, 6.45) is 1.39. The number of nitrogens with zero attached hydrogens (tertiary/aromatic N) is 2. The van der Waals surface area contributed by atoms with Gasteiger partial charge in [0, 0.05) is 56.6 Å². The average Bonchev–Trinajstić information content (AvgIpc) is 3.22. The number of carbonyl (C=O) groups is 3. The van der Waals surface area contributed by atoms with Crippen LogP contribution in [-0.2, 0) is 17.7 Å². The maximum Gasteiger partial charge on any atom is 0.261 e. The predicted molar refractivity (Wildman–Crippen MR) is 100 cm³/mol. The summed E-state index contributed by atoms with van der Waals surface area (Å²) in [5.41, 5.74) is 2.83. The fourth-order valence-corrected chi connectivity index (χ4v) is 3.51. The summed E-state index contributed by atoms with van der Waals surface area (Å²) in [5.74, 6) is -0.611. The summed E-state index contributed by atoms with van der Waals surface area (Å²) < 4.78 is 4.97. The second kappa shape index (κ2) is 7.53. The molecule has 0 fully saturated rings. The van der Waals surface area contributed by atoms with E-state index in [1.54, 1.807) is 13.2 Å². The molecule has 3 heterocycles. The van der Waals surface area contributed by atoms with E-state index >= 15 is 0 Å². The quantitative estimate of drug-likeness (QED) is 0.505. The molecule has 2 aliphatic heterocycles. The Balaban J connectivity index is 1.52. The maximum absolute atomic E-state index is 12.7. The van der Waals surface area contributed by atoms with Crippen molar-refractivity contribution in [3.05, 3.63) is 46.1 Å². The van der Waals surface area contributed by atoms with Crippen LogP contribution in [-0.4, -0.2) is 59.6 Å². The van der Waals surface area contributed by atoms with Crippen LogP contribution in [0.1, 0.15) is 48.8 Å². The van der Waals surface area contributed by atoms with Crippen molar-refractivity contribution in [3.63, 3.8) is 0 Å². The normalized spacial score (nSPS) is 15.5. The number of nitrogens with one attached hydrogen (secondary N) is 3. The Bertz CT molecular complexity index is 952. The third-order valence-electron chi connectivity index (χ3n) is 5.00. The first-order chi connectivity index (χ1) is 13.6. The molecular weight excluding hydrogens is 362 g/mol. The van der Waals surface area contributed by atoms with Gasteiger partial charge in [0.25, 0.3) is 17.7 Å². The highest BCUT2D eigenvalue weighted by Crippen LogP contribution is 2.25. The number of hydrogen-bond acceptors (Lipinski definition) is 6. The number of carbonyl (C=O) groups excluding carboxylic acids is 3. The van der Waals surface area contributed by atoms with E-state index in [1.165, 1.54) is 17.0 Å². The highest BCUT2D eigenvalue weighted by atomic mass is 16.5. The third-order valence-corrected chi connectivity index (χ3v) is 5.00. The molecule has 0 atom stereocenters. The number of hydrogen-bond donors (Lipinski definition) is 3. The third kappa shape index (κ3) is 3.19. The van der Waals surface area contributed by atoms with Crippen LogP contribution in [0, 0.1) is 0 Å². The highest BCUT2D eigenvalue weighted by molar-refractivity contribution is 6.22. The summed E-state index contributed by atoms with van der Waals surface area (Å²) in [6.45, 7) is 2.25. The van der Waals surface area contributed by atoms with Gasteiger partial charge in [0.15, 0.2) is 5.82 Å². The largest absolute Gasteiger partial charge is 0.385 e. The fourth-order valence-electron chi connectivity index (χ4n) is 3.51. The minimum Gasteiger partial charge on any atom is -0.385 e. The van der Waals surface area contributed by atoms with Crippen molar-refractivity contribution in [2.24, 2.45) is 0 Å². The van der Waals surface area contributed by atoms with Crippen LogP contribution in [0.25, 0.3) is 0 Å². The van der Waals surface area contributed by atoms with Gasteiger partial charge in [-0.3, -0.25) is 24.4 Å². The molecule has 0 aliphatic carbocycles. The lowest BCUT2D eigenvalue weighted by atomic mass is 10.0. The molecule has 9 heteroatoms. The van der Waals surface area contributed by atoms with Crippen LogP contribution in [0.5, 0.6) is 0 Å². The van der Waals surface area contributed by atoms with Crippen molar-refractivity contribution in [3.8, 4) is 0 Å². The van der Waals surface area contributed by atoms with E-state index in [9.17, 15) is 14.4 Å². The number of methoxy groups -OCH3 is 1. The van der Waals surface area contributed by atoms with Crippen molar-refractivity contribution in [2.75, 3.05) is 32.1 Å². The highest BCUT2D eigenvalue weighted by Gasteiger charge is 2.35. The lowest BCUT2D eigenvalue weighted by Crippen LogP contribution is -2.31. The van der Waals surface area contributed by atoms with Gasteiger partial charge >= 0.3 is 0 Å². The molecule has 2 aromatic rings. The van der Waals surface area contributed by atoms with Gasteiger partial charge in [-0.25, -0.2) is 0 Å². The van der Waals surface area contributed by atoms with Crippen molar-refractivity contribution in [2.45, 2.75) is 19.4 Å². The molecule has 3 amide bonds. The average molecular weight is 383 g/mol. The van der Waals surface area contributed by atoms with Crippen LogP contribution in [0.4, 0.5) is 5.82 Å². The predicted octanol–water partition coefficient (Wildman–Crippen LogP) is 0.940. The molecule has 1 aromatic heterocycles. The van der Waals surface area contributed by atoms with Crippen molar-refractivity contribution >= 4 is 23.5 Å². The number of amides is 3. The van der Waals surface area contributed by atoms with Crippen molar-refractivity contribution < 1.29 is 19.1 Å². The molecule has 0 saturated heterocycles. The summed E-state index contributed by atoms with van der Waals surface area (Å²) in [7, 11) is 1.57. The van der Waals surface area contributed by atoms with Gasteiger partial charge in [0.05, 0.1) is 11.1 Å². The molecule has 0 saturated carbocycles. The van der Waals surface area contributed by atoms with Gasteiger partial charge in [0.1, 0.15) is 0 Å². The number of H-pyrrole nitrogens is 1. The van der Waals surface area contributed by atoms with Gasteiger partial charge in [-0.1, -0.05) is 0 Å². The molecule has 0 spiro atoms. The minimum atomic E-state index is -0.382. The molecule has 2 aliphatic rings. The van der Waals surface area contributed by atoms with E-state index in [4.69, 9.17) is 4.74 Å². The molecule has 0 radical (unpaired) electrons. The standard InChI is InChI=1S/C19H21N5O4/c1-28-8-2-7-24-18(26)12-4-3-11(9-13(12)19(24)27)17(25)21-16-14-10-20-6-5-15(14)22-23-16/h3-4,9,20H,2,5-8,10H2,1H3,(H2,21,22,23,25). The van der Waals surface area contributed by atoms with Crippen LogP contribution in [0.2, 0.25) is 0 Å². The van der Waals surface area contributed by atoms with Gasteiger partial charge in [-0.2, -0.15) is 5.10 Å². The van der Waals surface area contributed by atoms with E-state index in [0.29, 0.717) is 36.5 Å². The van der Waals surface area contributed by atoms with E-state index in [2.05, 4.69) is 20.8 Å². The number of imide groups is 1. The lowest BCUT2D eigenvalue weighted by molar-refractivity contribution is 0.0638. The number of rotatable bonds is 6. The molecular formula is C19H21N5O4. The topological polar surface area (TPSA) is 116 Å². The Morgan fingerprint density at radius 1 is 1.29 bits per heavy atom. The van der Waals surface area contributed by atoms with Gasteiger partial charge in [-0.15, -0.1) is 0 Å². The molecule has 9 nitrogen and oxygen atoms in total. The Labute approximate surface area is 161 Å². The fraction of sp³-hybridized carbons (Fsp3) is 0.368. The zero-order valence-electron chi connectivity index (χ0n) is 15.5. The number of aromatic amines is 1. The SMILES string of the molecule is COCCCN1C(=O)c2ccc(C(=O)Nc3n[nH]c4c3CNCC4)cc2C1=O. The Morgan fingerprint density at radius 3 is 2.93 bits per heavy atom. The molecule has 0 unspecified atom stereocenters. The van der Waals surface area contributed by atoms with Crippen molar-refractivity contribution in [1.82, 2.24) is 20.4 Å². The second-order valence-corrected chi connectivity index (χ2v) is 6.78. The zero-order chi connectivity index (χ0) is 19.7. The number of ether oxygens (including phenoxy) is 1. The number of aromatic nitrogens is 2. The summed E-state index contributed by atoms with van der Waals surface area (Å²) in [5, 5.41) is 13.2. The van der Waals surface area contributed by atoms with Crippen LogP contribution < -0.4 is 10.6 Å². The second-order valence-electron chi connectivity index (χ2n) is 6.78. The van der Waals surface area contributed by atoms with Crippen LogP contribution >= 0.6 is 0 Å². The van der Waals surface area contributed by atoms with Gasteiger partial charge in [0.2, 0.25) is 0 Å². The van der Waals surface area contributed by atoms with E-state index in [1.807, 2.05) is 0 Å². The van der Waals surface area contributed by atoms with E-state index < -0.39 is 0 Å². The van der Waals surface area contributed by atoms with Gasteiger partial charge < -0.3 is 15.4 Å². The summed E-state index contributed by atoms with van der Waals surface area (Å²) >= 11 is 0.